The van der Waals surface area contributed by atoms with E-state index in [4.69, 9.17) is 15.6 Å². The standard InChI is InChI=1S/C12H17N3O3/c13-9-1-2-11-10(7-9)14-12(8-17)15(11)3-5-18-6-4-16/h1-2,7,16-17H,3-6,8,13H2. The molecule has 2 aromatic rings. The van der Waals surface area contributed by atoms with Crippen LogP contribution in [0.25, 0.3) is 11.0 Å². The number of ether oxygens (including phenoxy) is 1. The van der Waals surface area contributed by atoms with E-state index < -0.39 is 0 Å². The van der Waals surface area contributed by atoms with Gasteiger partial charge >= 0.3 is 0 Å². The molecule has 98 valence electrons. The summed E-state index contributed by atoms with van der Waals surface area (Å²) < 4.78 is 7.12. The van der Waals surface area contributed by atoms with Crippen LogP contribution in [0.15, 0.2) is 18.2 Å². The van der Waals surface area contributed by atoms with Crippen molar-refractivity contribution >= 4 is 16.7 Å². The maximum atomic E-state index is 9.30. The molecule has 4 N–H and O–H groups in total. The molecule has 0 unspecified atom stereocenters. The molecule has 0 bridgehead atoms. The van der Waals surface area contributed by atoms with Gasteiger partial charge in [0.05, 0.1) is 30.9 Å². The molecule has 1 aromatic heterocycles. The Morgan fingerprint density at radius 3 is 2.83 bits per heavy atom. The van der Waals surface area contributed by atoms with E-state index in [1.807, 2.05) is 10.6 Å². The van der Waals surface area contributed by atoms with E-state index in [9.17, 15) is 5.11 Å². The van der Waals surface area contributed by atoms with Crippen molar-refractivity contribution in [3.8, 4) is 0 Å². The van der Waals surface area contributed by atoms with Crippen molar-refractivity contribution in [2.24, 2.45) is 0 Å². The number of hydrogen-bond donors (Lipinski definition) is 3. The molecule has 0 aliphatic rings. The number of nitrogens with zero attached hydrogens (tertiary/aromatic N) is 2. The monoisotopic (exact) mass is 251 g/mol. The number of nitrogens with two attached hydrogens (primary N) is 1. The van der Waals surface area contributed by atoms with Crippen molar-refractivity contribution in [2.45, 2.75) is 13.2 Å². The molecule has 2 rings (SSSR count). The number of aromatic nitrogens is 2. The summed E-state index contributed by atoms with van der Waals surface area (Å²) in [6.07, 6.45) is 0. The Hall–Kier alpha value is -1.63. The number of fused-ring (bicyclic) bond motifs is 1. The van der Waals surface area contributed by atoms with E-state index in [-0.39, 0.29) is 13.2 Å². The van der Waals surface area contributed by atoms with Crippen LogP contribution in [0.1, 0.15) is 5.82 Å². The zero-order valence-corrected chi connectivity index (χ0v) is 10.0. The molecule has 1 aromatic carbocycles. The van der Waals surface area contributed by atoms with E-state index >= 15 is 0 Å². The maximum absolute atomic E-state index is 9.30. The fourth-order valence-electron chi connectivity index (χ4n) is 1.89. The molecular weight excluding hydrogens is 234 g/mol. The number of anilines is 1. The molecule has 0 aliphatic carbocycles. The molecule has 0 spiro atoms. The zero-order chi connectivity index (χ0) is 13.0. The normalized spacial score (nSPS) is 11.2. The number of benzene rings is 1. The Bertz CT molecular complexity index is 525. The molecule has 0 radical (unpaired) electrons. The summed E-state index contributed by atoms with van der Waals surface area (Å²) in [5.74, 6) is 0.586. The molecule has 6 nitrogen and oxygen atoms in total. The highest BCUT2D eigenvalue weighted by Crippen LogP contribution is 2.19. The summed E-state index contributed by atoms with van der Waals surface area (Å²) in [4.78, 5) is 4.32. The maximum Gasteiger partial charge on any atom is 0.135 e. The van der Waals surface area contributed by atoms with E-state index in [2.05, 4.69) is 4.98 Å². The first kappa shape index (κ1) is 12.8. The van der Waals surface area contributed by atoms with Crippen molar-refractivity contribution in [1.82, 2.24) is 9.55 Å². The van der Waals surface area contributed by atoms with Crippen molar-refractivity contribution < 1.29 is 14.9 Å². The highest BCUT2D eigenvalue weighted by Gasteiger charge is 2.09. The Balaban J connectivity index is 2.23. The summed E-state index contributed by atoms with van der Waals surface area (Å²) in [5, 5.41) is 17.9. The average molecular weight is 251 g/mol. The topological polar surface area (TPSA) is 93.5 Å². The minimum Gasteiger partial charge on any atom is -0.399 e. The van der Waals surface area contributed by atoms with Gasteiger partial charge in [-0.2, -0.15) is 0 Å². The van der Waals surface area contributed by atoms with Gasteiger partial charge in [0.25, 0.3) is 0 Å². The number of imidazole rings is 1. The zero-order valence-electron chi connectivity index (χ0n) is 10.0. The second kappa shape index (κ2) is 5.81. The third-order valence-corrected chi connectivity index (χ3v) is 2.69. The molecule has 18 heavy (non-hydrogen) atoms. The fraction of sp³-hybridized carbons (Fsp3) is 0.417. The van der Waals surface area contributed by atoms with Crippen LogP contribution in [0.3, 0.4) is 0 Å². The first-order chi connectivity index (χ1) is 8.76. The summed E-state index contributed by atoms with van der Waals surface area (Å²) in [6, 6.07) is 5.46. The molecule has 6 heteroatoms. The molecule has 0 saturated carbocycles. The van der Waals surface area contributed by atoms with Gasteiger partial charge in [0.2, 0.25) is 0 Å². The van der Waals surface area contributed by atoms with Gasteiger partial charge in [0.1, 0.15) is 12.4 Å². The summed E-state index contributed by atoms with van der Waals surface area (Å²) in [5.41, 5.74) is 8.03. The second-order valence-corrected chi connectivity index (χ2v) is 3.92. The van der Waals surface area contributed by atoms with Gasteiger partial charge < -0.3 is 25.3 Å². The highest BCUT2D eigenvalue weighted by atomic mass is 16.5. The Morgan fingerprint density at radius 1 is 1.28 bits per heavy atom. The molecule has 0 saturated heterocycles. The van der Waals surface area contributed by atoms with Crippen molar-refractivity contribution in [1.29, 1.82) is 0 Å². The SMILES string of the molecule is Nc1ccc2c(c1)nc(CO)n2CCOCCO. The number of hydrogen-bond acceptors (Lipinski definition) is 5. The van der Waals surface area contributed by atoms with Crippen LogP contribution in [0.2, 0.25) is 0 Å². The first-order valence-electron chi connectivity index (χ1n) is 5.80. The van der Waals surface area contributed by atoms with Crippen LogP contribution < -0.4 is 5.73 Å². The third-order valence-electron chi connectivity index (χ3n) is 2.69. The highest BCUT2D eigenvalue weighted by molar-refractivity contribution is 5.79. The number of nitrogen functional groups attached to an aromatic ring is 1. The minimum absolute atomic E-state index is 0.00800. The lowest BCUT2D eigenvalue weighted by Crippen LogP contribution is -2.11. The van der Waals surface area contributed by atoms with Crippen LogP contribution in [0.4, 0.5) is 5.69 Å². The molecule has 0 aliphatic heterocycles. The number of rotatable bonds is 6. The van der Waals surface area contributed by atoms with Gasteiger partial charge in [0, 0.05) is 12.2 Å². The fourth-order valence-corrected chi connectivity index (χ4v) is 1.89. The quantitative estimate of drug-likeness (QED) is 0.501. The smallest absolute Gasteiger partial charge is 0.135 e. The predicted octanol–water partition coefficient (Wildman–Crippen LogP) is 0.120. The predicted molar refractivity (Wildman–Crippen MR) is 68.0 cm³/mol. The first-order valence-corrected chi connectivity index (χ1v) is 5.80. The van der Waals surface area contributed by atoms with Gasteiger partial charge in [-0.05, 0) is 18.2 Å². The van der Waals surface area contributed by atoms with Crippen LogP contribution in [-0.4, -0.2) is 39.6 Å². The Labute approximate surface area is 105 Å². The average Bonchev–Trinajstić information content (AvgIpc) is 2.71. The van der Waals surface area contributed by atoms with E-state index in [1.165, 1.54) is 0 Å². The number of aliphatic hydroxyl groups excluding tert-OH is 2. The van der Waals surface area contributed by atoms with E-state index in [0.29, 0.717) is 31.3 Å². The van der Waals surface area contributed by atoms with Crippen LogP contribution in [-0.2, 0) is 17.9 Å². The summed E-state index contributed by atoms with van der Waals surface area (Å²) in [6.45, 7) is 1.23. The Kier molecular flexibility index (Phi) is 4.14. The van der Waals surface area contributed by atoms with Gasteiger partial charge in [-0.1, -0.05) is 0 Å². The minimum atomic E-state index is -0.130. The van der Waals surface area contributed by atoms with Crippen LogP contribution in [0.5, 0.6) is 0 Å². The number of aliphatic hydroxyl groups is 2. The molecule has 0 amide bonds. The van der Waals surface area contributed by atoms with Crippen molar-refractivity contribution in [3.05, 3.63) is 24.0 Å². The lowest BCUT2D eigenvalue weighted by atomic mass is 10.3. The molecular formula is C12H17N3O3. The lowest BCUT2D eigenvalue weighted by Gasteiger charge is -2.08. The molecule has 0 fully saturated rings. The van der Waals surface area contributed by atoms with Gasteiger partial charge in [-0.3, -0.25) is 0 Å². The van der Waals surface area contributed by atoms with Crippen LogP contribution in [0, 0.1) is 0 Å². The summed E-state index contributed by atoms with van der Waals surface area (Å²) in [7, 11) is 0. The lowest BCUT2D eigenvalue weighted by molar-refractivity contribution is 0.0865. The van der Waals surface area contributed by atoms with Gasteiger partial charge in [-0.15, -0.1) is 0 Å². The van der Waals surface area contributed by atoms with Crippen molar-refractivity contribution in [2.75, 3.05) is 25.6 Å². The van der Waals surface area contributed by atoms with Gasteiger partial charge in [0.15, 0.2) is 0 Å². The van der Waals surface area contributed by atoms with Crippen molar-refractivity contribution in [3.63, 3.8) is 0 Å². The largest absolute Gasteiger partial charge is 0.399 e. The van der Waals surface area contributed by atoms with Gasteiger partial charge in [-0.25, -0.2) is 4.98 Å². The van der Waals surface area contributed by atoms with E-state index in [0.717, 1.165) is 11.0 Å². The van der Waals surface area contributed by atoms with E-state index in [1.54, 1.807) is 12.1 Å². The van der Waals surface area contributed by atoms with Crippen LogP contribution >= 0.6 is 0 Å². The second-order valence-electron chi connectivity index (χ2n) is 3.92. The molecule has 0 atom stereocenters. The Morgan fingerprint density at radius 2 is 2.11 bits per heavy atom. The summed E-state index contributed by atoms with van der Waals surface area (Å²) >= 11 is 0. The molecule has 1 heterocycles. The third kappa shape index (κ3) is 2.61.